The number of hydrogen-bond acceptors (Lipinski definition) is 6. The largest absolute Gasteiger partial charge is 0.348 e. The second kappa shape index (κ2) is 6.42. The van der Waals surface area contributed by atoms with Gasteiger partial charge in [0.05, 0.1) is 11.3 Å². The summed E-state index contributed by atoms with van der Waals surface area (Å²) in [7, 11) is 1.89. The van der Waals surface area contributed by atoms with E-state index >= 15 is 0 Å². The highest BCUT2D eigenvalue weighted by molar-refractivity contribution is 5.93. The molecule has 0 bridgehead atoms. The Balaban J connectivity index is 1.47. The molecule has 0 aromatic carbocycles. The molecule has 2 aromatic rings. The number of piperidine rings is 1. The van der Waals surface area contributed by atoms with E-state index in [1.54, 1.807) is 17.1 Å². The van der Waals surface area contributed by atoms with Crippen LogP contribution in [0.2, 0.25) is 0 Å². The summed E-state index contributed by atoms with van der Waals surface area (Å²) >= 11 is 0. The monoisotopic (exact) mass is 355 g/mol. The van der Waals surface area contributed by atoms with Crippen LogP contribution in [-0.2, 0) is 13.6 Å². The number of nitrogens with one attached hydrogen (secondary N) is 1. The number of carbonyl (C=O) groups is 1. The molecule has 2 fully saturated rings. The molecule has 3 heterocycles. The first kappa shape index (κ1) is 17.1. The number of nitrogens with zero attached hydrogens (tertiary/aromatic N) is 6. The lowest BCUT2D eigenvalue weighted by molar-refractivity contribution is -0.121. The first-order valence-electron chi connectivity index (χ1n) is 9.12. The van der Waals surface area contributed by atoms with Crippen molar-refractivity contribution in [3.05, 3.63) is 36.2 Å². The van der Waals surface area contributed by atoms with Crippen molar-refractivity contribution in [2.45, 2.75) is 45.3 Å². The Morgan fingerprint density at radius 1 is 1.35 bits per heavy atom. The third-order valence-corrected chi connectivity index (χ3v) is 5.90. The van der Waals surface area contributed by atoms with Gasteiger partial charge in [-0.15, -0.1) is 5.10 Å². The average Bonchev–Trinajstić information content (AvgIpc) is 3.04. The minimum atomic E-state index is -0.0897. The molecule has 1 aliphatic carbocycles. The quantitative estimate of drug-likeness (QED) is 0.881. The third-order valence-electron chi connectivity index (χ3n) is 5.90. The van der Waals surface area contributed by atoms with E-state index in [4.69, 9.17) is 0 Å². The van der Waals surface area contributed by atoms with Crippen molar-refractivity contribution in [1.82, 2.24) is 35.2 Å². The number of aryl methyl sites for hydroxylation is 1. The molecular weight excluding hydrogens is 330 g/mol. The van der Waals surface area contributed by atoms with E-state index in [9.17, 15) is 4.79 Å². The summed E-state index contributed by atoms with van der Waals surface area (Å²) in [5.41, 5.74) is 1.51. The first-order valence-corrected chi connectivity index (χ1v) is 9.12. The molecule has 3 atom stereocenters. The smallest absolute Gasteiger partial charge is 0.254 e. The zero-order valence-electron chi connectivity index (χ0n) is 15.5. The lowest BCUT2D eigenvalue weighted by atomic mass is 9.52. The second-order valence-electron chi connectivity index (χ2n) is 8.00. The summed E-state index contributed by atoms with van der Waals surface area (Å²) in [6.45, 7) is 6.37. The van der Waals surface area contributed by atoms with Gasteiger partial charge in [-0.25, -0.2) is 9.97 Å². The Hall–Kier alpha value is -2.35. The van der Waals surface area contributed by atoms with Gasteiger partial charge in [0.2, 0.25) is 0 Å². The number of rotatable bonds is 4. The van der Waals surface area contributed by atoms with Crippen molar-refractivity contribution in [3.8, 4) is 0 Å². The van der Waals surface area contributed by atoms with Crippen molar-refractivity contribution in [2.75, 3.05) is 6.54 Å². The number of likely N-dealkylation sites (tertiary alicyclic amines) is 1. The summed E-state index contributed by atoms with van der Waals surface area (Å²) in [4.78, 5) is 22.9. The number of hydrogen-bond donors (Lipinski definition) is 1. The molecule has 3 unspecified atom stereocenters. The summed E-state index contributed by atoms with van der Waals surface area (Å²) in [5, 5.41) is 11.5. The van der Waals surface area contributed by atoms with E-state index in [0.717, 1.165) is 31.6 Å². The van der Waals surface area contributed by atoms with Crippen molar-refractivity contribution in [3.63, 3.8) is 0 Å². The van der Waals surface area contributed by atoms with Crippen LogP contribution in [0.1, 0.15) is 42.7 Å². The maximum atomic E-state index is 12.6. The fourth-order valence-electron chi connectivity index (χ4n) is 4.87. The van der Waals surface area contributed by atoms with Crippen molar-refractivity contribution in [2.24, 2.45) is 18.4 Å². The third kappa shape index (κ3) is 2.88. The molecule has 1 N–H and O–H groups in total. The van der Waals surface area contributed by atoms with Gasteiger partial charge in [-0.05, 0) is 25.3 Å². The molecule has 0 spiro atoms. The Bertz CT molecular complexity index is 788. The maximum absolute atomic E-state index is 12.6. The number of amides is 1. The van der Waals surface area contributed by atoms with Gasteiger partial charge < -0.3 is 5.32 Å². The molecule has 1 saturated heterocycles. The Kier molecular flexibility index (Phi) is 4.22. The normalized spacial score (nSPS) is 27.4. The van der Waals surface area contributed by atoms with Crippen LogP contribution >= 0.6 is 0 Å². The lowest BCUT2D eigenvalue weighted by Gasteiger charge is -2.64. The average molecular weight is 355 g/mol. The number of carbonyl (C=O) groups excluding carboxylic acids is 1. The SMILES string of the molecule is Cn1cc(CN2CCCC3C(NC(=O)c4cncnc4)C(C)(C)C32)nn1. The molecule has 2 aliphatic rings. The van der Waals surface area contributed by atoms with Crippen LogP contribution < -0.4 is 5.32 Å². The maximum Gasteiger partial charge on any atom is 0.254 e. The molecule has 1 saturated carbocycles. The zero-order chi connectivity index (χ0) is 18.3. The topological polar surface area (TPSA) is 88.8 Å². The van der Waals surface area contributed by atoms with Gasteiger partial charge in [0.15, 0.2) is 0 Å². The van der Waals surface area contributed by atoms with Crippen molar-refractivity contribution >= 4 is 5.91 Å². The van der Waals surface area contributed by atoms with E-state index < -0.39 is 0 Å². The Labute approximate surface area is 153 Å². The summed E-state index contributed by atoms with van der Waals surface area (Å²) < 4.78 is 1.74. The van der Waals surface area contributed by atoms with Gasteiger partial charge in [-0.1, -0.05) is 19.1 Å². The predicted molar refractivity (Wildman–Crippen MR) is 95.0 cm³/mol. The van der Waals surface area contributed by atoms with Crippen LogP contribution in [0.3, 0.4) is 0 Å². The van der Waals surface area contributed by atoms with Crippen molar-refractivity contribution < 1.29 is 4.79 Å². The van der Waals surface area contributed by atoms with Gasteiger partial charge in [-0.2, -0.15) is 0 Å². The molecule has 26 heavy (non-hydrogen) atoms. The van der Waals surface area contributed by atoms with Crippen LogP contribution in [0.4, 0.5) is 0 Å². The Morgan fingerprint density at radius 3 is 2.81 bits per heavy atom. The van der Waals surface area contributed by atoms with Gasteiger partial charge >= 0.3 is 0 Å². The van der Waals surface area contributed by atoms with E-state index in [1.165, 1.54) is 6.33 Å². The fraction of sp³-hybridized carbons (Fsp3) is 0.611. The van der Waals surface area contributed by atoms with Gasteiger partial charge in [0.1, 0.15) is 6.33 Å². The molecule has 4 rings (SSSR count). The second-order valence-corrected chi connectivity index (χ2v) is 8.00. The molecule has 138 valence electrons. The van der Waals surface area contributed by atoms with Crippen LogP contribution in [-0.4, -0.2) is 54.4 Å². The summed E-state index contributed by atoms with van der Waals surface area (Å²) in [6.07, 6.45) is 8.81. The number of fused-ring (bicyclic) bond motifs is 1. The number of aromatic nitrogens is 5. The highest BCUT2D eigenvalue weighted by Crippen LogP contribution is 2.52. The van der Waals surface area contributed by atoms with Gasteiger partial charge in [0.25, 0.3) is 5.91 Å². The fourth-order valence-corrected chi connectivity index (χ4v) is 4.87. The molecule has 2 aromatic heterocycles. The molecule has 1 amide bonds. The van der Waals surface area contributed by atoms with Gasteiger partial charge in [0, 0.05) is 49.7 Å². The first-order chi connectivity index (χ1) is 12.5. The van der Waals surface area contributed by atoms with Crippen LogP contribution in [0.15, 0.2) is 24.9 Å². The van der Waals surface area contributed by atoms with Crippen LogP contribution in [0, 0.1) is 11.3 Å². The predicted octanol–water partition coefficient (Wildman–Crippen LogP) is 1.02. The van der Waals surface area contributed by atoms with Crippen molar-refractivity contribution in [1.29, 1.82) is 0 Å². The highest BCUT2D eigenvalue weighted by Gasteiger charge is 2.59. The minimum absolute atomic E-state index is 0.00140. The van der Waals surface area contributed by atoms with Gasteiger partial charge in [-0.3, -0.25) is 14.4 Å². The van der Waals surface area contributed by atoms with Crippen LogP contribution in [0.25, 0.3) is 0 Å². The van der Waals surface area contributed by atoms with Crippen LogP contribution in [0.5, 0.6) is 0 Å². The molecule has 1 aliphatic heterocycles. The van der Waals surface area contributed by atoms with E-state index in [1.807, 2.05) is 13.2 Å². The molecular formula is C18H25N7O. The Morgan fingerprint density at radius 2 is 2.12 bits per heavy atom. The minimum Gasteiger partial charge on any atom is -0.348 e. The van der Waals surface area contributed by atoms with E-state index in [2.05, 4.69) is 44.3 Å². The van der Waals surface area contributed by atoms with E-state index in [0.29, 0.717) is 17.5 Å². The molecule has 8 nitrogen and oxygen atoms in total. The molecule has 0 radical (unpaired) electrons. The highest BCUT2D eigenvalue weighted by atomic mass is 16.1. The summed E-state index contributed by atoms with van der Waals surface area (Å²) in [5.74, 6) is 0.372. The standard InChI is InChI=1S/C18H25N7O/c1-18(2)15(21-17(26)12-7-19-11-20-8-12)14-5-4-6-25(16(14)18)10-13-9-24(3)23-22-13/h7-9,11,14-16H,4-6,10H2,1-3H3,(H,21,26). The summed E-state index contributed by atoms with van der Waals surface area (Å²) in [6, 6.07) is 0.598. The molecule has 8 heteroatoms. The zero-order valence-corrected chi connectivity index (χ0v) is 15.5. The van der Waals surface area contributed by atoms with E-state index in [-0.39, 0.29) is 17.4 Å². The lowest BCUT2D eigenvalue weighted by Crippen LogP contribution is -2.74.